The Morgan fingerprint density at radius 1 is 0.556 bits per heavy atom. The smallest absolute Gasteiger partial charge is 0.344 e. The van der Waals surface area contributed by atoms with Gasteiger partial charge in [-0.2, -0.15) is 6.42 Å². The van der Waals surface area contributed by atoms with Crippen LogP contribution >= 0.6 is 0 Å². The van der Waals surface area contributed by atoms with Crippen molar-refractivity contribution in [3.05, 3.63) is 6.92 Å². The Hall–Kier alpha value is 1.60. The fourth-order valence-electron chi connectivity index (χ4n) is 2.19. The van der Waals surface area contributed by atoms with Crippen LogP contribution in [0.5, 0.6) is 0 Å². The minimum atomic E-state index is 0. The van der Waals surface area contributed by atoms with Gasteiger partial charge in [-0.05, 0) is 0 Å². The van der Waals surface area contributed by atoms with E-state index in [1.807, 2.05) is 0 Å². The molecule has 0 aromatic heterocycles. The molecule has 0 atom stereocenters. The van der Waals surface area contributed by atoms with E-state index < -0.39 is 0 Å². The van der Waals surface area contributed by atoms with Crippen molar-refractivity contribution in [1.29, 1.82) is 0 Å². The van der Waals surface area contributed by atoms with E-state index in [1.165, 1.54) is 83.5 Å². The van der Waals surface area contributed by atoms with E-state index >= 15 is 0 Å². The molecule has 0 bridgehead atoms. The monoisotopic (exact) mass is 281 g/mol. The third kappa shape index (κ3) is 22.7. The summed E-state index contributed by atoms with van der Waals surface area (Å²) in [5, 5.41) is 0. The molecular formula is C16H36KN. The Morgan fingerprint density at radius 3 is 1.11 bits per heavy atom. The topological polar surface area (TPSA) is 35.0 Å². The van der Waals surface area contributed by atoms with Gasteiger partial charge >= 0.3 is 51.4 Å². The molecule has 1 nitrogen and oxygen atoms in total. The predicted octanol–water partition coefficient (Wildman–Crippen LogP) is 3.47. The summed E-state index contributed by atoms with van der Waals surface area (Å²) in [5.74, 6) is 0. The van der Waals surface area contributed by atoms with Crippen LogP contribution in [0.1, 0.15) is 96.8 Å². The largest absolute Gasteiger partial charge is 1.00 e. The Bertz CT molecular complexity index is 104. The number of unbranched alkanes of at least 4 members (excludes halogenated alkanes) is 13. The summed E-state index contributed by atoms with van der Waals surface area (Å²) in [6.07, 6.45) is 19.8. The van der Waals surface area contributed by atoms with Gasteiger partial charge in [0.05, 0.1) is 0 Å². The van der Waals surface area contributed by atoms with Gasteiger partial charge in [-0.3, -0.25) is 0 Å². The molecule has 0 heterocycles. The van der Waals surface area contributed by atoms with Gasteiger partial charge in [-0.1, -0.05) is 90.4 Å². The van der Waals surface area contributed by atoms with Gasteiger partial charge in [0.2, 0.25) is 0 Å². The first-order valence-electron chi connectivity index (χ1n) is 7.71. The zero-order valence-electron chi connectivity index (χ0n) is 13.3. The van der Waals surface area contributed by atoms with Crippen LogP contribution in [0, 0.1) is 6.92 Å². The molecule has 0 unspecified atom stereocenters. The molecule has 3 N–H and O–H groups in total. The Kier molecular flexibility index (Phi) is 32.4. The maximum atomic E-state index is 3.87. The predicted molar refractivity (Wildman–Crippen MR) is 80.7 cm³/mol. The third-order valence-electron chi connectivity index (χ3n) is 3.35. The van der Waals surface area contributed by atoms with Crippen LogP contribution in [0.2, 0.25) is 0 Å². The Morgan fingerprint density at radius 2 is 0.833 bits per heavy atom. The number of hydrogen-bond donors (Lipinski definition) is 1. The van der Waals surface area contributed by atoms with E-state index in [9.17, 15) is 0 Å². The van der Waals surface area contributed by atoms with E-state index in [1.54, 1.807) is 0 Å². The first-order chi connectivity index (χ1) is 7.91. The first-order valence-corrected chi connectivity index (χ1v) is 7.71. The fraction of sp³-hybridized carbons (Fsp3) is 0.938. The van der Waals surface area contributed by atoms with Crippen molar-refractivity contribution in [1.82, 2.24) is 6.15 Å². The minimum absolute atomic E-state index is 0. The molecule has 0 fully saturated rings. The van der Waals surface area contributed by atoms with E-state index in [-0.39, 0.29) is 57.5 Å². The molecule has 2 heteroatoms. The van der Waals surface area contributed by atoms with Crippen molar-refractivity contribution in [3.63, 3.8) is 0 Å². The second-order valence-corrected chi connectivity index (χ2v) is 5.10. The van der Waals surface area contributed by atoms with Gasteiger partial charge in [0.25, 0.3) is 0 Å². The van der Waals surface area contributed by atoms with Gasteiger partial charge < -0.3 is 13.1 Å². The quantitative estimate of drug-likeness (QED) is 0.313. The maximum absolute atomic E-state index is 3.87. The molecule has 0 aromatic rings. The third-order valence-corrected chi connectivity index (χ3v) is 3.35. The molecule has 0 aromatic carbocycles. The Labute approximate surface area is 159 Å². The van der Waals surface area contributed by atoms with Gasteiger partial charge in [-0.25, -0.2) is 0 Å². The van der Waals surface area contributed by atoms with Gasteiger partial charge in [0, 0.05) is 0 Å². The molecule has 0 spiro atoms. The van der Waals surface area contributed by atoms with Crippen LogP contribution in [-0.2, 0) is 0 Å². The van der Waals surface area contributed by atoms with E-state index in [0.29, 0.717) is 0 Å². The Balaban J connectivity index is -0.00000112. The molecule has 0 aliphatic rings. The summed E-state index contributed by atoms with van der Waals surface area (Å²) in [4.78, 5) is 0. The van der Waals surface area contributed by atoms with Crippen LogP contribution in [0.25, 0.3) is 0 Å². The van der Waals surface area contributed by atoms with Crippen molar-refractivity contribution < 1.29 is 51.4 Å². The van der Waals surface area contributed by atoms with Crippen molar-refractivity contribution in [2.75, 3.05) is 0 Å². The average Bonchev–Trinajstić information content (AvgIpc) is 2.31. The molecule has 0 radical (unpaired) electrons. The zero-order valence-corrected chi connectivity index (χ0v) is 16.4. The van der Waals surface area contributed by atoms with Crippen LogP contribution in [0.4, 0.5) is 0 Å². The van der Waals surface area contributed by atoms with Gasteiger partial charge in [0.15, 0.2) is 0 Å². The van der Waals surface area contributed by atoms with E-state index in [4.69, 9.17) is 0 Å². The van der Waals surface area contributed by atoms with Crippen molar-refractivity contribution in [2.45, 2.75) is 96.8 Å². The summed E-state index contributed by atoms with van der Waals surface area (Å²) in [6.45, 7) is 6.16. The van der Waals surface area contributed by atoms with Gasteiger partial charge in [-0.15, -0.1) is 0 Å². The molecule has 0 aliphatic heterocycles. The SMILES string of the molecule is N.[CH2-]CCCCCCCCCCCCCCC.[K+]. The second kappa shape index (κ2) is 23.7. The minimum Gasteiger partial charge on any atom is -0.344 e. The van der Waals surface area contributed by atoms with Crippen LogP contribution < -0.4 is 57.5 Å². The molecule has 0 saturated heterocycles. The maximum Gasteiger partial charge on any atom is 1.00 e. The molecule has 0 amide bonds. The van der Waals surface area contributed by atoms with Crippen LogP contribution in [-0.4, -0.2) is 0 Å². The summed E-state index contributed by atoms with van der Waals surface area (Å²) in [7, 11) is 0. The van der Waals surface area contributed by atoms with Crippen molar-refractivity contribution in [2.24, 2.45) is 0 Å². The summed E-state index contributed by atoms with van der Waals surface area (Å²) in [5.41, 5.74) is 0. The van der Waals surface area contributed by atoms with E-state index in [0.717, 1.165) is 6.42 Å². The number of hydrogen-bond acceptors (Lipinski definition) is 1. The van der Waals surface area contributed by atoms with Gasteiger partial charge in [0.1, 0.15) is 0 Å². The van der Waals surface area contributed by atoms with Crippen LogP contribution in [0.15, 0.2) is 0 Å². The summed E-state index contributed by atoms with van der Waals surface area (Å²) in [6, 6.07) is 0. The number of rotatable bonds is 13. The average molecular weight is 282 g/mol. The molecule has 0 rings (SSSR count). The normalized spacial score (nSPS) is 9.67. The molecule has 18 heavy (non-hydrogen) atoms. The molecule has 0 aliphatic carbocycles. The van der Waals surface area contributed by atoms with E-state index in [2.05, 4.69) is 13.8 Å². The first kappa shape index (κ1) is 24.6. The second-order valence-electron chi connectivity index (χ2n) is 5.10. The molecular weight excluding hydrogens is 245 g/mol. The summed E-state index contributed by atoms with van der Waals surface area (Å²) < 4.78 is 0. The van der Waals surface area contributed by atoms with Crippen molar-refractivity contribution >= 4 is 0 Å². The standard InChI is InChI=1S/C16H33.K.H3N/c1-3-5-7-9-11-13-15-16-14-12-10-8-6-4-2;;/h1,3-16H2,2H3;;1H3/q-1;+1;. The fourth-order valence-corrected chi connectivity index (χ4v) is 2.19. The van der Waals surface area contributed by atoms with Crippen molar-refractivity contribution in [3.8, 4) is 0 Å². The zero-order chi connectivity index (χ0) is 11.9. The summed E-state index contributed by atoms with van der Waals surface area (Å²) >= 11 is 0. The molecule has 0 saturated carbocycles. The molecule has 106 valence electrons. The van der Waals surface area contributed by atoms with Crippen LogP contribution in [0.3, 0.4) is 0 Å².